The van der Waals surface area contributed by atoms with Crippen molar-refractivity contribution in [2.75, 3.05) is 0 Å². The molecule has 0 saturated carbocycles. The summed E-state index contributed by atoms with van der Waals surface area (Å²) in [5.74, 6) is 0. The third-order valence-electron chi connectivity index (χ3n) is 1.99. The fraction of sp³-hybridized carbons (Fsp3) is 0.100. The van der Waals surface area contributed by atoms with Crippen LogP contribution >= 0.6 is 33.9 Å². The summed E-state index contributed by atoms with van der Waals surface area (Å²) in [6.07, 6.45) is 0. The normalized spacial score (nSPS) is 10.2. The van der Waals surface area contributed by atoms with Crippen LogP contribution in [0.25, 0.3) is 10.1 Å². The van der Waals surface area contributed by atoms with Crippen molar-refractivity contribution in [1.82, 2.24) is 0 Å². The van der Waals surface area contributed by atoms with Crippen molar-refractivity contribution in [3.05, 3.63) is 32.2 Å². The maximum absolute atomic E-state index is 8.92. The Balaban J connectivity index is 2.99. The fourth-order valence-corrected chi connectivity index (χ4v) is 3.39. The molecule has 1 heterocycles. The first-order valence-electron chi connectivity index (χ1n) is 3.80. The van der Waals surface area contributed by atoms with Gasteiger partial charge in [-0.3, -0.25) is 0 Å². The lowest BCUT2D eigenvalue weighted by molar-refractivity contribution is 1.49. The van der Waals surface area contributed by atoms with Crippen LogP contribution < -0.4 is 0 Å². The summed E-state index contributed by atoms with van der Waals surface area (Å²) in [6.45, 7) is 2.08. The number of hydrogen-bond donors (Lipinski definition) is 0. The minimum absolute atomic E-state index is 0.784. The molecule has 0 bridgehead atoms. The largest absolute Gasteiger partial charge is 0.192 e. The molecule has 0 unspecified atom stereocenters. The molecule has 64 valence electrons. The maximum Gasteiger partial charge on any atom is 0.0998 e. The Morgan fingerprint density at radius 1 is 1.46 bits per heavy atom. The molecule has 1 aromatic carbocycles. The van der Waals surface area contributed by atoms with E-state index in [9.17, 15) is 0 Å². The van der Waals surface area contributed by atoms with E-state index in [4.69, 9.17) is 5.26 Å². The van der Waals surface area contributed by atoms with E-state index in [1.807, 2.05) is 12.1 Å². The van der Waals surface area contributed by atoms with Crippen molar-refractivity contribution >= 4 is 44.0 Å². The molecule has 0 spiro atoms. The lowest BCUT2D eigenvalue weighted by Gasteiger charge is -1.97. The van der Waals surface area contributed by atoms with Gasteiger partial charge < -0.3 is 0 Å². The van der Waals surface area contributed by atoms with Gasteiger partial charge in [0.1, 0.15) is 0 Å². The molecule has 13 heavy (non-hydrogen) atoms. The Kier molecular flexibility index (Phi) is 2.26. The van der Waals surface area contributed by atoms with Crippen LogP contribution in [0, 0.1) is 21.8 Å². The van der Waals surface area contributed by atoms with Gasteiger partial charge in [0, 0.05) is 19.0 Å². The lowest BCUT2D eigenvalue weighted by atomic mass is 10.1. The summed E-state index contributed by atoms with van der Waals surface area (Å²) in [4.78, 5) is 0. The number of rotatable bonds is 0. The van der Waals surface area contributed by atoms with Gasteiger partial charge in [-0.05, 0) is 41.1 Å². The number of thiophene rings is 1. The Morgan fingerprint density at radius 3 is 2.92 bits per heavy atom. The second-order valence-electron chi connectivity index (χ2n) is 2.83. The minimum atomic E-state index is 0.784. The summed E-state index contributed by atoms with van der Waals surface area (Å²) in [7, 11) is 0. The van der Waals surface area contributed by atoms with Crippen LogP contribution in [0.1, 0.15) is 11.1 Å². The van der Waals surface area contributed by atoms with Gasteiger partial charge in [0.25, 0.3) is 0 Å². The van der Waals surface area contributed by atoms with Crippen molar-refractivity contribution in [1.29, 1.82) is 5.26 Å². The fourth-order valence-electron chi connectivity index (χ4n) is 1.34. The van der Waals surface area contributed by atoms with E-state index < -0.39 is 0 Å². The highest BCUT2D eigenvalue weighted by Gasteiger charge is 2.08. The Hall–Kier alpha value is -0.600. The molecule has 0 N–H and O–H groups in total. The van der Waals surface area contributed by atoms with E-state index in [0.29, 0.717) is 0 Å². The van der Waals surface area contributed by atoms with Gasteiger partial charge in [-0.15, -0.1) is 11.3 Å². The quantitative estimate of drug-likeness (QED) is 0.681. The minimum Gasteiger partial charge on any atom is -0.192 e. The maximum atomic E-state index is 8.92. The molecule has 2 rings (SSSR count). The molecule has 0 aliphatic carbocycles. The number of nitriles is 1. The van der Waals surface area contributed by atoms with E-state index in [-0.39, 0.29) is 0 Å². The third kappa shape index (κ3) is 1.34. The molecular weight excluding hydrogens is 293 g/mol. The van der Waals surface area contributed by atoms with Crippen LogP contribution in [0.3, 0.4) is 0 Å². The second kappa shape index (κ2) is 3.28. The molecule has 1 aromatic heterocycles. The first-order chi connectivity index (χ1) is 6.24. The van der Waals surface area contributed by atoms with Crippen molar-refractivity contribution in [2.45, 2.75) is 6.92 Å². The van der Waals surface area contributed by atoms with Crippen molar-refractivity contribution in [2.24, 2.45) is 0 Å². The van der Waals surface area contributed by atoms with Gasteiger partial charge >= 0.3 is 0 Å². The standard InChI is InChI=1S/C10H6INS/c1-6-2-3-7(4-12)9-8(11)5-13-10(6)9/h2-3,5H,1H3. The summed E-state index contributed by atoms with van der Waals surface area (Å²) in [5.41, 5.74) is 2.04. The highest BCUT2D eigenvalue weighted by atomic mass is 127. The van der Waals surface area contributed by atoms with Gasteiger partial charge in [-0.1, -0.05) is 6.07 Å². The van der Waals surface area contributed by atoms with Crippen molar-refractivity contribution in [3.8, 4) is 6.07 Å². The van der Waals surface area contributed by atoms with E-state index in [2.05, 4.69) is 41.0 Å². The van der Waals surface area contributed by atoms with Crippen LogP contribution in [0.4, 0.5) is 0 Å². The molecular formula is C10H6INS. The SMILES string of the molecule is Cc1ccc(C#N)c2c(I)csc12. The number of hydrogen-bond acceptors (Lipinski definition) is 2. The predicted octanol–water partition coefficient (Wildman–Crippen LogP) is 3.69. The van der Waals surface area contributed by atoms with E-state index >= 15 is 0 Å². The number of halogens is 1. The first-order valence-corrected chi connectivity index (χ1v) is 5.76. The Bertz CT molecular complexity index is 507. The van der Waals surface area contributed by atoms with Crippen LogP contribution in [0.2, 0.25) is 0 Å². The van der Waals surface area contributed by atoms with Gasteiger partial charge in [-0.25, -0.2) is 0 Å². The molecule has 0 aliphatic rings. The number of nitrogens with zero attached hydrogens (tertiary/aromatic N) is 1. The summed E-state index contributed by atoms with van der Waals surface area (Å²) >= 11 is 3.99. The van der Waals surface area contributed by atoms with E-state index in [1.54, 1.807) is 11.3 Å². The molecule has 0 fully saturated rings. The average molecular weight is 299 g/mol. The molecule has 0 amide bonds. The highest BCUT2D eigenvalue weighted by Crippen LogP contribution is 2.32. The molecule has 0 aliphatic heterocycles. The van der Waals surface area contributed by atoms with Crippen LogP contribution in [0.5, 0.6) is 0 Å². The molecule has 0 saturated heterocycles. The summed E-state index contributed by atoms with van der Waals surface area (Å²) < 4.78 is 2.42. The zero-order valence-corrected chi connectivity index (χ0v) is 9.94. The van der Waals surface area contributed by atoms with Gasteiger partial charge in [-0.2, -0.15) is 5.26 Å². The zero-order valence-electron chi connectivity index (χ0n) is 6.97. The van der Waals surface area contributed by atoms with Crippen LogP contribution in [-0.2, 0) is 0 Å². The average Bonchev–Trinajstić information content (AvgIpc) is 2.51. The monoisotopic (exact) mass is 299 g/mol. The highest BCUT2D eigenvalue weighted by molar-refractivity contribution is 14.1. The molecule has 0 atom stereocenters. The number of fused-ring (bicyclic) bond motifs is 1. The second-order valence-corrected chi connectivity index (χ2v) is 4.87. The number of benzene rings is 1. The summed E-state index contributed by atoms with van der Waals surface area (Å²) in [5, 5.41) is 12.1. The Morgan fingerprint density at radius 2 is 2.23 bits per heavy atom. The number of aryl methyl sites for hydroxylation is 1. The molecule has 1 nitrogen and oxygen atoms in total. The van der Waals surface area contributed by atoms with Crippen molar-refractivity contribution < 1.29 is 0 Å². The van der Waals surface area contributed by atoms with Gasteiger partial charge in [0.05, 0.1) is 11.6 Å². The zero-order chi connectivity index (χ0) is 9.42. The summed E-state index contributed by atoms with van der Waals surface area (Å²) in [6, 6.07) is 6.13. The topological polar surface area (TPSA) is 23.8 Å². The van der Waals surface area contributed by atoms with E-state index in [1.165, 1.54) is 13.8 Å². The van der Waals surface area contributed by atoms with Crippen LogP contribution in [-0.4, -0.2) is 0 Å². The molecule has 3 heteroatoms. The third-order valence-corrected chi connectivity index (χ3v) is 4.38. The molecule has 2 aromatic rings. The lowest BCUT2D eigenvalue weighted by Crippen LogP contribution is -1.79. The van der Waals surface area contributed by atoms with E-state index in [0.717, 1.165) is 10.9 Å². The first kappa shape index (κ1) is 8.97. The Labute approximate surface area is 94.1 Å². The van der Waals surface area contributed by atoms with Gasteiger partial charge in [0.15, 0.2) is 0 Å². The van der Waals surface area contributed by atoms with Crippen LogP contribution in [0.15, 0.2) is 17.5 Å². The van der Waals surface area contributed by atoms with Crippen molar-refractivity contribution in [3.63, 3.8) is 0 Å². The smallest absolute Gasteiger partial charge is 0.0998 e. The van der Waals surface area contributed by atoms with Gasteiger partial charge in [0.2, 0.25) is 0 Å². The molecule has 0 radical (unpaired) electrons. The predicted molar refractivity (Wildman–Crippen MR) is 64.0 cm³/mol.